The van der Waals surface area contributed by atoms with Crippen LogP contribution in [-0.4, -0.2) is 18.5 Å². The average Bonchev–Trinajstić information content (AvgIpc) is 2.47. The van der Waals surface area contributed by atoms with Gasteiger partial charge >= 0.3 is 0 Å². The fourth-order valence-corrected chi connectivity index (χ4v) is 2.38. The number of rotatable bonds is 6. The smallest absolute Gasteiger partial charge is 0.0597 e. The van der Waals surface area contributed by atoms with E-state index < -0.39 is 0 Å². The topological polar surface area (TPSA) is 3.24 Å². The van der Waals surface area contributed by atoms with E-state index in [2.05, 4.69) is 48.3 Å². The van der Waals surface area contributed by atoms with E-state index in [1.807, 2.05) is 24.3 Å². The Morgan fingerprint density at radius 1 is 0.950 bits per heavy atom. The molecule has 0 saturated heterocycles. The quantitative estimate of drug-likeness (QED) is 0.685. The van der Waals surface area contributed by atoms with E-state index in [1.165, 1.54) is 11.1 Å². The zero-order valence-electron chi connectivity index (χ0n) is 11.7. The normalized spacial score (nSPS) is 11.9. The molecule has 1 atom stereocenters. The van der Waals surface area contributed by atoms with Crippen LogP contribution in [0.15, 0.2) is 60.7 Å². The molecular formula is C17H21Cl2N. The van der Waals surface area contributed by atoms with E-state index in [0.29, 0.717) is 0 Å². The molecule has 0 saturated carbocycles. The summed E-state index contributed by atoms with van der Waals surface area (Å²) < 4.78 is 0. The van der Waals surface area contributed by atoms with Gasteiger partial charge in [0.05, 0.1) is 5.38 Å². The second kappa shape index (κ2) is 9.02. The fourth-order valence-electron chi connectivity index (χ4n) is 2.14. The summed E-state index contributed by atoms with van der Waals surface area (Å²) in [6.45, 7) is 1.97. The van der Waals surface area contributed by atoms with Crippen LogP contribution in [0.5, 0.6) is 0 Å². The van der Waals surface area contributed by atoms with Crippen molar-refractivity contribution in [2.45, 2.75) is 18.3 Å². The monoisotopic (exact) mass is 309 g/mol. The molecule has 108 valence electrons. The molecule has 0 radical (unpaired) electrons. The Hall–Kier alpha value is -1.02. The highest BCUT2D eigenvalue weighted by molar-refractivity contribution is 6.20. The molecule has 2 rings (SSSR count). The van der Waals surface area contributed by atoms with Crippen LogP contribution in [0.2, 0.25) is 0 Å². The Balaban J connectivity index is 0.00000200. The molecule has 3 heteroatoms. The van der Waals surface area contributed by atoms with Gasteiger partial charge in [0.1, 0.15) is 0 Å². The van der Waals surface area contributed by atoms with Crippen LogP contribution in [0.3, 0.4) is 0 Å². The lowest BCUT2D eigenvalue weighted by Gasteiger charge is -2.18. The minimum atomic E-state index is 0. The number of halogens is 2. The van der Waals surface area contributed by atoms with E-state index in [1.54, 1.807) is 0 Å². The van der Waals surface area contributed by atoms with Gasteiger partial charge in [-0.25, -0.2) is 0 Å². The highest BCUT2D eigenvalue weighted by Crippen LogP contribution is 2.23. The Morgan fingerprint density at radius 2 is 1.50 bits per heavy atom. The number of hydrogen-bond donors (Lipinski definition) is 0. The number of hydrogen-bond acceptors (Lipinski definition) is 1. The van der Waals surface area contributed by atoms with E-state index >= 15 is 0 Å². The molecule has 0 spiro atoms. The molecule has 0 aliphatic heterocycles. The third kappa shape index (κ3) is 5.54. The molecule has 0 aliphatic rings. The van der Waals surface area contributed by atoms with Crippen molar-refractivity contribution >= 4 is 24.0 Å². The van der Waals surface area contributed by atoms with Gasteiger partial charge in [0.15, 0.2) is 0 Å². The van der Waals surface area contributed by atoms with Crippen LogP contribution >= 0.6 is 24.0 Å². The lowest BCUT2D eigenvalue weighted by molar-refractivity contribution is 0.320. The molecule has 0 N–H and O–H groups in total. The number of nitrogens with zero attached hydrogens (tertiary/aromatic N) is 1. The average molecular weight is 310 g/mol. The summed E-state index contributed by atoms with van der Waals surface area (Å²) in [5.74, 6) is 0. The van der Waals surface area contributed by atoms with Gasteiger partial charge in [0.2, 0.25) is 0 Å². The predicted octanol–water partition coefficient (Wildman–Crippen LogP) is 4.91. The first kappa shape index (κ1) is 17.0. The number of benzene rings is 2. The van der Waals surface area contributed by atoms with Crippen LogP contribution in [-0.2, 0) is 6.54 Å². The molecule has 1 unspecified atom stereocenters. The molecule has 0 aliphatic carbocycles. The van der Waals surface area contributed by atoms with Gasteiger partial charge in [-0.15, -0.1) is 24.0 Å². The standard InChI is InChI=1S/C17H20ClN.ClH/c1-19(14-15-8-4-2-5-9-15)13-12-17(18)16-10-6-3-7-11-16;/h2-11,17H,12-14H2,1H3;1H. The van der Waals surface area contributed by atoms with Crippen molar-refractivity contribution in [3.8, 4) is 0 Å². The van der Waals surface area contributed by atoms with Gasteiger partial charge in [-0.3, -0.25) is 0 Å². The molecule has 20 heavy (non-hydrogen) atoms. The zero-order chi connectivity index (χ0) is 13.5. The van der Waals surface area contributed by atoms with Crippen molar-refractivity contribution in [1.82, 2.24) is 4.90 Å². The minimum Gasteiger partial charge on any atom is -0.302 e. The maximum absolute atomic E-state index is 6.43. The van der Waals surface area contributed by atoms with Crippen molar-refractivity contribution in [1.29, 1.82) is 0 Å². The van der Waals surface area contributed by atoms with E-state index in [4.69, 9.17) is 11.6 Å². The maximum atomic E-state index is 6.43. The van der Waals surface area contributed by atoms with Gasteiger partial charge in [-0.05, 0) is 31.1 Å². The SMILES string of the molecule is CN(CCC(Cl)c1ccccc1)Cc1ccccc1.Cl. The third-order valence-corrected chi connectivity index (χ3v) is 3.69. The second-order valence-electron chi connectivity index (χ2n) is 4.89. The van der Waals surface area contributed by atoms with E-state index in [-0.39, 0.29) is 17.8 Å². The van der Waals surface area contributed by atoms with Gasteiger partial charge in [0, 0.05) is 6.54 Å². The van der Waals surface area contributed by atoms with Gasteiger partial charge in [-0.2, -0.15) is 0 Å². The van der Waals surface area contributed by atoms with Gasteiger partial charge < -0.3 is 4.90 Å². The van der Waals surface area contributed by atoms with E-state index in [0.717, 1.165) is 19.5 Å². The molecule has 0 fully saturated rings. The van der Waals surface area contributed by atoms with Crippen LogP contribution in [0, 0.1) is 0 Å². The summed E-state index contributed by atoms with van der Waals surface area (Å²) in [4.78, 5) is 2.31. The first-order valence-corrected chi connectivity index (χ1v) is 7.11. The Bertz CT molecular complexity index is 473. The van der Waals surface area contributed by atoms with Crippen molar-refractivity contribution in [3.05, 3.63) is 71.8 Å². The lowest BCUT2D eigenvalue weighted by atomic mass is 10.1. The Labute approximate surface area is 133 Å². The summed E-state index contributed by atoms with van der Waals surface area (Å²) in [6, 6.07) is 20.8. The Kier molecular flexibility index (Phi) is 7.68. The number of alkyl halides is 1. The third-order valence-electron chi connectivity index (χ3n) is 3.22. The summed E-state index contributed by atoms with van der Waals surface area (Å²) >= 11 is 6.43. The summed E-state index contributed by atoms with van der Waals surface area (Å²) in [6.07, 6.45) is 0.967. The highest BCUT2D eigenvalue weighted by Gasteiger charge is 2.08. The van der Waals surface area contributed by atoms with Crippen LogP contribution < -0.4 is 0 Å². The van der Waals surface area contributed by atoms with Crippen molar-refractivity contribution in [2.24, 2.45) is 0 Å². The van der Waals surface area contributed by atoms with Crippen LogP contribution in [0.4, 0.5) is 0 Å². The summed E-state index contributed by atoms with van der Waals surface area (Å²) in [5.41, 5.74) is 2.55. The first-order valence-electron chi connectivity index (χ1n) is 6.67. The Morgan fingerprint density at radius 3 is 2.10 bits per heavy atom. The second-order valence-corrected chi connectivity index (χ2v) is 5.42. The van der Waals surface area contributed by atoms with Gasteiger partial charge in [0.25, 0.3) is 0 Å². The van der Waals surface area contributed by atoms with Crippen molar-refractivity contribution in [3.63, 3.8) is 0 Å². The van der Waals surface area contributed by atoms with E-state index in [9.17, 15) is 0 Å². The molecule has 0 heterocycles. The minimum absolute atomic E-state index is 0. The predicted molar refractivity (Wildman–Crippen MR) is 89.7 cm³/mol. The van der Waals surface area contributed by atoms with Crippen molar-refractivity contribution < 1.29 is 0 Å². The zero-order valence-corrected chi connectivity index (χ0v) is 13.3. The molecule has 2 aromatic rings. The highest BCUT2D eigenvalue weighted by atomic mass is 35.5. The molecule has 1 nitrogen and oxygen atoms in total. The summed E-state index contributed by atoms with van der Waals surface area (Å²) in [7, 11) is 2.14. The molecular weight excluding hydrogens is 289 g/mol. The molecule has 2 aromatic carbocycles. The first-order chi connectivity index (χ1) is 9.25. The van der Waals surface area contributed by atoms with Crippen LogP contribution in [0.1, 0.15) is 22.9 Å². The fraction of sp³-hybridized carbons (Fsp3) is 0.294. The molecule has 0 bridgehead atoms. The van der Waals surface area contributed by atoms with Gasteiger partial charge in [-0.1, -0.05) is 60.7 Å². The molecule has 0 amide bonds. The maximum Gasteiger partial charge on any atom is 0.0597 e. The lowest BCUT2D eigenvalue weighted by Crippen LogP contribution is -2.20. The van der Waals surface area contributed by atoms with Crippen LogP contribution in [0.25, 0.3) is 0 Å². The largest absolute Gasteiger partial charge is 0.302 e. The molecule has 0 aromatic heterocycles. The summed E-state index contributed by atoms with van der Waals surface area (Å²) in [5, 5.41) is 0.0967. The van der Waals surface area contributed by atoms with Crippen molar-refractivity contribution in [2.75, 3.05) is 13.6 Å².